The zero-order chi connectivity index (χ0) is 12.3. The molecular weight excluding hydrogens is 219 g/mol. The van der Waals surface area contributed by atoms with Gasteiger partial charge in [-0.2, -0.15) is 13.2 Å². The average Bonchev–Trinajstić information content (AvgIpc) is 2.16. The Morgan fingerprint density at radius 1 is 1.19 bits per heavy atom. The molecule has 1 aromatic rings. The number of benzene rings is 1. The van der Waals surface area contributed by atoms with Crippen molar-refractivity contribution in [2.24, 2.45) is 5.73 Å². The average molecular weight is 233 g/mol. The monoisotopic (exact) mass is 233 g/mol. The van der Waals surface area contributed by atoms with Crippen LogP contribution in [-0.2, 0) is 0 Å². The highest BCUT2D eigenvalue weighted by Gasteiger charge is 2.38. The summed E-state index contributed by atoms with van der Waals surface area (Å²) in [6.07, 6.45) is -6.21. The summed E-state index contributed by atoms with van der Waals surface area (Å²) in [7, 11) is 0. The van der Waals surface area contributed by atoms with Gasteiger partial charge in [-0.1, -0.05) is 18.2 Å². The Morgan fingerprint density at radius 2 is 1.75 bits per heavy atom. The second-order valence-corrected chi connectivity index (χ2v) is 3.63. The number of halogens is 3. The second-order valence-electron chi connectivity index (χ2n) is 3.63. The molecule has 0 fully saturated rings. The number of hydrogen-bond donors (Lipinski definition) is 1. The summed E-state index contributed by atoms with van der Waals surface area (Å²) >= 11 is 0. The standard InChI is InChI=1S/C11H14F3NO/c1-7(15)9-5-3-4-6-10(9)16-8(2)11(12,13)14/h3-8H,15H2,1-2H3/t7-,8?/m0/s1. The Kier molecular flexibility index (Phi) is 3.80. The third-order valence-electron chi connectivity index (χ3n) is 2.17. The molecule has 2 atom stereocenters. The van der Waals surface area contributed by atoms with Gasteiger partial charge in [-0.15, -0.1) is 0 Å². The lowest BCUT2D eigenvalue weighted by Gasteiger charge is -2.20. The van der Waals surface area contributed by atoms with Crippen LogP contribution in [0.4, 0.5) is 13.2 Å². The molecular formula is C11H14F3NO. The fraction of sp³-hybridized carbons (Fsp3) is 0.455. The molecule has 0 amide bonds. The first-order valence-electron chi connectivity index (χ1n) is 4.90. The van der Waals surface area contributed by atoms with Gasteiger partial charge in [0.15, 0.2) is 6.10 Å². The predicted octanol–water partition coefficient (Wildman–Crippen LogP) is 3.04. The van der Waals surface area contributed by atoms with Gasteiger partial charge < -0.3 is 10.5 Å². The minimum atomic E-state index is -4.37. The maximum atomic E-state index is 12.3. The van der Waals surface area contributed by atoms with Crippen molar-refractivity contribution in [2.75, 3.05) is 0 Å². The van der Waals surface area contributed by atoms with Gasteiger partial charge in [0, 0.05) is 11.6 Å². The predicted molar refractivity (Wildman–Crippen MR) is 55.2 cm³/mol. The summed E-state index contributed by atoms with van der Waals surface area (Å²) in [5.41, 5.74) is 6.21. The van der Waals surface area contributed by atoms with Gasteiger partial charge in [-0.3, -0.25) is 0 Å². The largest absolute Gasteiger partial charge is 0.481 e. The smallest absolute Gasteiger partial charge is 0.425 e. The van der Waals surface area contributed by atoms with Gasteiger partial charge in [0.2, 0.25) is 0 Å². The van der Waals surface area contributed by atoms with Crippen LogP contribution >= 0.6 is 0 Å². The molecule has 0 bridgehead atoms. The summed E-state index contributed by atoms with van der Waals surface area (Å²) in [6.45, 7) is 2.67. The van der Waals surface area contributed by atoms with Crippen molar-refractivity contribution >= 4 is 0 Å². The maximum absolute atomic E-state index is 12.3. The first-order chi connectivity index (χ1) is 7.32. The van der Waals surface area contributed by atoms with Crippen LogP contribution in [0.1, 0.15) is 25.5 Å². The topological polar surface area (TPSA) is 35.2 Å². The summed E-state index contributed by atoms with van der Waals surface area (Å²) in [5, 5.41) is 0. The molecule has 0 heterocycles. The van der Waals surface area contributed by atoms with Crippen LogP contribution in [0.5, 0.6) is 5.75 Å². The van der Waals surface area contributed by atoms with Crippen LogP contribution in [0.3, 0.4) is 0 Å². The molecule has 0 saturated carbocycles. The molecule has 1 aromatic carbocycles. The first kappa shape index (κ1) is 12.8. The quantitative estimate of drug-likeness (QED) is 0.870. The molecule has 0 aliphatic rings. The van der Waals surface area contributed by atoms with Gasteiger partial charge in [0.25, 0.3) is 0 Å². The van der Waals surface area contributed by atoms with Gasteiger partial charge in [0.1, 0.15) is 5.75 Å². The number of hydrogen-bond acceptors (Lipinski definition) is 2. The Bertz CT molecular complexity index is 349. The van der Waals surface area contributed by atoms with Crippen molar-refractivity contribution in [1.29, 1.82) is 0 Å². The highest BCUT2D eigenvalue weighted by molar-refractivity contribution is 5.35. The minimum absolute atomic E-state index is 0.183. The summed E-state index contributed by atoms with van der Waals surface area (Å²) < 4.78 is 41.8. The lowest BCUT2D eigenvalue weighted by molar-refractivity contribution is -0.189. The van der Waals surface area contributed by atoms with Crippen molar-refractivity contribution in [1.82, 2.24) is 0 Å². The molecule has 0 saturated heterocycles. The normalized spacial score (nSPS) is 15.6. The van der Waals surface area contributed by atoms with E-state index in [2.05, 4.69) is 0 Å². The van der Waals surface area contributed by atoms with Crippen molar-refractivity contribution < 1.29 is 17.9 Å². The van der Waals surface area contributed by atoms with E-state index >= 15 is 0 Å². The van der Waals surface area contributed by atoms with Gasteiger partial charge in [-0.25, -0.2) is 0 Å². The molecule has 2 N–H and O–H groups in total. The van der Waals surface area contributed by atoms with E-state index in [0.717, 1.165) is 6.92 Å². The molecule has 1 unspecified atom stereocenters. The Balaban J connectivity index is 2.89. The molecule has 2 nitrogen and oxygen atoms in total. The van der Waals surface area contributed by atoms with Crippen molar-refractivity contribution in [3.63, 3.8) is 0 Å². The third kappa shape index (κ3) is 3.13. The lowest BCUT2D eigenvalue weighted by Crippen LogP contribution is -2.31. The molecule has 5 heteroatoms. The van der Waals surface area contributed by atoms with E-state index in [0.29, 0.717) is 5.56 Å². The fourth-order valence-electron chi connectivity index (χ4n) is 1.22. The van der Waals surface area contributed by atoms with Crippen LogP contribution in [0.2, 0.25) is 0 Å². The van der Waals surface area contributed by atoms with Crippen LogP contribution in [-0.4, -0.2) is 12.3 Å². The zero-order valence-corrected chi connectivity index (χ0v) is 9.08. The Morgan fingerprint density at radius 3 is 2.25 bits per heavy atom. The lowest BCUT2D eigenvalue weighted by atomic mass is 10.1. The van der Waals surface area contributed by atoms with E-state index < -0.39 is 12.3 Å². The zero-order valence-electron chi connectivity index (χ0n) is 9.08. The molecule has 90 valence electrons. The second kappa shape index (κ2) is 4.74. The number of nitrogens with two attached hydrogens (primary N) is 1. The molecule has 0 aromatic heterocycles. The molecule has 16 heavy (non-hydrogen) atoms. The van der Waals surface area contributed by atoms with Crippen molar-refractivity contribution in [3.8, 4) is 5.75 Å². The SMILES string of the molecule is CC(Oc1ccccc1[C@H](C)N)C(F)(F)F. The van der Waals surface area contributed by atoms with E-state index in [1.165, 1.54) is 6.07 Å². The highest BCUT2D eigenvalue weighted by Crippen LogP contribution is 2.29. The van der Waals surface area contributed by atoms with Crippen LogP contribution in [0.15, 0.2) is 24.3 Å². The van der Waals surface area contributed by atoms with Crippen LogP contribution in [0, 0.1) is 0 Å². The molecule has 0 aliphatic heterocycles. The minimum Gasteiger partial charge on any atom is -0.481 e. The number of rotatable bonds is 3. The highest BCUT2D eigenvalue weighted by atomic mass is 19.4. The van der Waals surface area contributed by atoms with Crippen LogP contribution < -0.4 is 10.5 Å². The number of para-hydroxylation sites is 1. The molecule has 0 spiro atoms. The fourth-order valence-corrected chi connectivity index (χ4v) is 1.22. The molecule has 1 rings (SSSR count). The molecule has 0 aliphatic carbocycles. The summed E-state index contributed by atoms with van der Waals surface area (Å²) in [4.78, 5) is 0. The van der Waals surface area contributed by atoms with Gasteiger partial charge in [-0.05, 0) is 19.9 Å². The van der Waals surface area contributed by atoms with Crippen LogP contribution in [0.25, 0.3) is 0 Å². The van der Waals surface area contributed by atoms with Gasteiger partial charge >= 0.3 is 6.18 Å². The van der Waals surface area contributed by atoms with E-state index in [1.54, 1.807) is 25.1 Å². The van der Waals surface area contributed by atoms with Gasteiger partial charge in [0.05, 0.1) is 0 Å². The van der Waals surface area contributed by atoms with E-state index in [1.807, 2.05) is 0 Å². The number of alkyl halides is 3. The van der Waals surface area contributed by atoms with E-state index in [-0.39, 0.29) is 11.8 Å². The summed E-state index contributed by atoms with van der Waals surface area (Å²) in [5.74, 6) is 0.183. The van der Waals surface area contributed by atoms with Crippen molar-refractivity contribution in [3.05, 3.63) is 29.8 Å². The van der Waals surface area contributed by atoms with E-state index in [9.17, 15) is 13.2 Å². The van der Waals surface area contributed by atoms with Crippen molar-refractivity contribution in [2.45, 2.75) is 32.2 Å². The first-order valence-corrected chi connectivity index (χ1v) is 4.90. The molecule has 0 radical (unpaired) electrons. The Hall–Kier alpha value is -1.23. The Labute approximate surface area is 92.2 Å². The summed E-state index contributed by atoms with van der Waals surface area (Å²) in [6, 6.07) is 6.11. The maximum Gasteiger partial charge on any atom is 0.425 e. The number of ether oxygens (including phenoxy) is 1. The third-order valence-corrected chi connectivity index (χ3v) is 2.17. The van der Waals surface area contributed by atoms with E-state index in [4.69, 9.17) is 10.5 Å².